The summed E-state index contributed by atoms with van der Waals surface area (Å²) >= 11 is 3.30. The Kier molecular flexibility index (Phi) is 2.93. The third kappa shape index (κ3) is 1.86. The van der Waals surface area contributed by atoms with Gasteiger partial charge in [-0.15, -0.1) is 0 Å². The Labute approximate surface area is 91.0 Å². The van der Waals surface area contributed by atoms with Crippen LogP contribution < -0.4 is 5.73 Å². The van der Waals surface area contributed by atoms with Crippen LogP contribution in [0, 0.1) is 0 Å². The average Bonchev–Trinajstić information content (AvgIpc) is 2.65. The van der Waals surface area contributed by atoms with Crippen LogP contribution in [0.5, 0.6) is 0 Å². The lowest BCUT2D eigenvalue weighted by Crippen LogP contribution is -2.17. The van der Waals surface area contributed by atoms with Gasteiger partial charge in [0, 0.05) is 5.56 Å². The van der Waals surface area contributed by atoms with Gasteiger partial charge in [-0.05, 0) is 40.9 Å². The molecule has 2 N–H and O–H groups in total. The Hall–Kier alpha value is -0.740. The third-order valence-electron chi connectivity index (χ3n) is 2.25. The van der Waals surface area contributed by atoms with E-state index in [2.05, 4.69) is 15.9 Å². The van der Waals surface area contributed by atoms with Crippen LogP contribution in [0.1, 0.15) is 24.4 Å². The van der Waals surface area contributed by atoms with E-state index in [1.807, 2.05) is 12.1 Å². The van der Waals surface area contributed by atoms with Gasteiger partial charge in [-0.1, -0.05) is 0 Å². The van der Waals surface area contributed by atoms with Crippen molar-refractivity contribution in [2.45, 2.75) is 18.9 Å². The van der Waals surface area contributed by atoms with Gasteiger partial charge in [0.05, 0.1) is 18.9 Å². The van der Waals surface area contributed by atoms with Gasteiger partial charge in [0.15, 0.2) is 4.67 Å². The van der Waals surface area contributed by atoms with Crippen molar-refractivity contribution in [1.82, 2.24) is 0 Å². The predicted molar refractivity (Wildman–Crippen MR) is 56.6 cm³/mol. The van der Waals surface area contributed by atoms with Crippen molar-refractivity contribution in [1.29, 1.82) is 0 Å². The molecule has 4 heteroatoms. The molecular weight excluding hydrogens is 246 g/mol. The van der Waals surface area contributed by atoms with E-state index in [1.165, 1.54) is 0 Å². The van der Waals surface area contributed by atoms with E-state index in [1.54, 1.807) is 6.26 Å². The molecule has 2 rings (SSSR count). The molecule has 1 aromatic heterocycles. The zero-order valence-corrected chi connectivity index (χ0v) is 9.29. The summed E-state index contributed by atoms with van der Waals surface area (Å²) in [5.41, 5.74) is 6.96. The quantitative estimate of drug-likeness (QED) is 0.887. The maximum atomic E-state index is 6.03. The Bertz CT molecular complexity index is 346. The molecule has 1 aromatic rings. The molecule has 0 aliphatic carbocycles. The van der Waals surface area contributed by atoms with Gasteiger partial charge in [0.1, 0.15) is 5.76 Å². The highest BCUT2D eigenvalue weighted by Crippen LogP contribution is 2.29. The van der Waals surface area contributed by atoms with E-state index in [-0.39, 0.29) is 6.04 Å². The van der Waals surface area contributed by atoms with Crippen molar-refractivity contribution in [3.05, 3.63) is 34.4 Å². The maximum absolute atomic E-state index is 6.03. The van der Waals surface area contributed by atoms with Crippen molar-refractivity contribution >= 4 is 15.9 Å². The lowest BCUT2D eigenvalue weighted by Gasteiger charge is -2.19. The van der Waals surface area contributed by atoms with E-state index < -0.39 is 0 Å². The number of hydrogen-bond donors (Lipinski definition) is 1. The van der Waals surface area contributed by atoms with Crippen LogP contribution in [0.2, 0.25) is 0 Å². The van der Waals surface area contributed by atoms with E-state index in [4.69, 9.17) is 14.9 Å². The van der Waals surface area contributed by atoms with Gasteiger partial charge in [-0.2, -0.15) is 0 Å². The van der Waals surface area contributed by atoms with Gasteiger partial charge >= 0.3 is 0 Å². The molecule has 0 spiro atoms. The fourth-order valence-corrected chi connectivity index (χ4v) is 1.96. The molecule has 0 bridgehead atoms. The largest absolute Gasteiger partial charge is 0.496 e. The SMILES string of the molecule is NC(C1=CCCCO1)c1ccoc1Br. The summed E-state index contributed by atoms with van der Waals surface area (Å²) in [6, 6.07) is 1.64. The number of furan rings is 1. The Morgan fingerprint density at radius 3 is 2.93 bits per heavy atom. The van der Waals surface area contributed by atoms with Crippen molar-refractivity contribution in [3.8, 4) is 0 Å². The van der Waals surface area contributed by atoms with Crippen molar-refractivity contribution in [2.24, 2.45) is 5.73 Å². The number of halogens is 1. The minimum atomic E-state index is -0.219. The van der Waals surface area contributed by atoms with E-state index in [0.29, 0.717) is 4.67 Å². The number of hydrogen-bond acceptors (Lipinski definition) is 3. The Morgan fingerprint density at radius 1 is 1.50 bits per heavy atom. The molecule has 2 heterocycles. The first-order chi connectivity index (χ1) is 6.79. The molecule has 0 radical (unpaired) electrons. The summed E-state index contributed by atoms with van der Waals surface area (Å²) in [6.07, 6.45) is 5.78. The summed E-state index contributed by atoms with van der Waals surface area (Å²) < 4.78 is 11.3. The zero-order chi connectivity index (χ0) is 9.97. The topological polar surface area (TPSA) is 48.4 Å². The Morgan fingerprint density at radius 2 is 2.36 bits per heavy atom. The fraction of sp³-hybridized carbons (Fsp3) is 0.400. The zero-order valence-electron chi connectivity index (χ0n) is 7.70. The van der Waals surface area contributed by atoms with Gasteiger partial charge in [0.25, 0.3) is 0 Å². The van der Waals surface area contributed by atoms with E-state index in [0.717, 1.165) is 30.8 Å². The summed E-state index contributed by atoms with van der Waals surface area (Å²) in [5.74, 6) is 0.846. The molecule has 0 fully saturated rings. The third-order valence-corrected chi connectivity index (χ3v) is 2.90. The molecule has 1 aliphatic heterocycles. The fourth-order valence-electron chi connectivity index (χ4n) is 1.47. The number of ether oxygens (including phenoxy) is 1. The summed E-state index contributed by atoms with van der Waals surface area (Å²) in [7, 11) is 0. The van der Waals surface area contributed by atoms with E-state index >= 15 is 0 Å². The van der Waals surface area contributed by atoms with Crippen LogP contribution in [-0.2, 0) is 4.74 Å². The maximum Gasteiger partial charge on any atom is 0.174 e. The number of nitrogens with two attached hydrogens (primary N) is 1. The molecule has 14 heavy (non-hydrogen) atoms. The molecule has 1 unspecified atom stereocenters. The summed E-state index contributed by atoms with van der Waals surface area (Å²) in [5, 5.41) is 0. The number of rotatable bonds is 2. The number of allylic oxidation sites excluding steroid dienone is 1. The van der Waals surface area contributed by atoms with Crippen LogP contribution >= 0.6 is 15.9 Å². The van der Waals surface area contributed by atoms with Gasteiger partial charge < -0.3 is 14.9 Å². The van der Waals surface area contributed by atoms with Gasteiger partial charge in [-0.25, -0.2) is 0 Å². The molecular formula is C10H12BrNO2. The van der Waals surface area contributed by atoms with Crippen LogP contribution in [-0.4, -0.2) is 6.61 Å². The van der Waals surface area contributed by atoms with Crippen molar-refractivity contribution in [3.63, 3.8) is 0 Å². The monoisotopic (exact) mass is 257 g/mol. The standard InChI is InChI=1S/C10H12BrNO2/c11-10-7(4-6-14-10)9(12)8-3-1-2-5-13-8/h3-4,6,9H,1-2,5,12H2. The smallest absolute Gasteiger partial charge is 0.174 e. The van der Waals surface area contributed by atoms with Crippen molar-refractivity contribution in [2.75, 3.05) is 6.61 Å². The molecule has 1 aliphatic rings. The molecule has 1 atom stereocenters. The second kappa shape index (κ2) is 4.19. The minimum Gasteiger partial charge on any atom is -0.496 e. The first kappa shape index (κ1) is 9.80. The highest BCUT2D eigenvalue weighted by molar-refractivity contribution is 9.10. The average molecular weight is 258 g/mol. The predicted octanol–water partition coefficient (Wildman–Crippen LogP) is 2.74. The molecule has 3 nitrogen and oxygen atoms in total. The molecule has 0 aromatic carbocycles. The van der Waals surface area contributed by atoms with E-state index in [9.17, 15) is 0 Å². The van der Waals surface area contributed by atoms with Gasteiger partial charge in [0.2, 0.25) is 0 Å². The second-order valence-corrected chi connectivity index (χ2v) is 3.94. The molecule has 0 saturated heterocycles. The van der Waals surface area contributed by atoms with Crippen LogP contribution in [0.3, 0.4) is 0 Å². The normalized spacial score (nSPS) is 18.6. The highest BCUT2D eigenvalue weighted by atomic mass is 79.9. The van der Waals surface area contributed by atoms with Crippen molar-refractivity contribution < 1.29 is 9.15 Å². The first-order valence-electron chi connectivity index (χ1n) is 4.60. The summed E-state index contributed by atoms with van der Waals surface area (Å²) in [4.78, 5) is 0. The van der Waals surface area contributed by atoms with Crippen LogP contribution in [0.4, 0.5) is 0 Å². The van der Waals surface area contributed by atoms with Crippen LogP contribution in [0.15, 0.2) is 33.3 Å². The Balaban J connectivity index is 2.19. The van der Waals surface area contributed by atoms with Gasteiger partial charge in [-0.3, -0.25) is 0 Å². The first-order valence-corrected chi connectivity index (χ1v) is 5.39. The second-order valence-electron chi connectivity index (χ2n) is 3.22. The highest BCUT2D eigenvalue weighted by Gasteiger charge is 2.19. The summed E-state index contributed by atoms with van der Waals surface area (Å²) in [6.45, 7) is 0.759. The molecule has 0 amide bonds. The lowest BCUT2D eigenvalue weighted by molar-refractivity contribution is 0.175. The minimum absolute atomic E-state index is 0.219. The van der Waals surface area contributed by atoms with Crippen LogP contribution in [0.25, 0.3) is 0 Å². The molecule has 76 valence electrons. The lowest BCUT2D eigenvalue weighted by atomic mass is 10.1. The molecule has 0 saturated carbocycles.